The van der Waals surface area contributed by atoms with Gasteiger partial charge in [-0.05, 0) is 49.1 Å². The molecule has 1 saturated heterocycles. The van der Waals surface area contributed by atoms with E-state index < -0.39 is 0 Å². The van der Waals surface area contributed by atoms with Crippen molar-refractivity contribution in [2.45, 2.75) is 25.8 Å². The van der Waals surface area contributed by atoms with Crippen LogP contribution in [0.4, 0.5) is 0 Å². The summed E-state index contributed by atoms with van der Waals surface area (Å²) < 4.78 is 0. The van der Waals surface area contributed by atoms with Gasteiger partial charge < -0.3 is 15.6 Å². The maximum Gasteiger partial charge on any atom is 0.231 e. The van der Waals surface area contributed by atoms with Gasteiger partial charge in [0.2, 0.25) is 11.8 Å². The Morgan fingerprint density at radius 3 is 2.90 bits per heavy atom. The summed E-state index contributed by atoms with van der Waals surface area (Å²) in [5.41, 5.74) is 8.70. The number of likely N-dealkylation sites (tertiary alicyclic amines) is 1. The van der Waals surface area contributed by atoms with E-state index in [1.165, 1.54) is 10.9 Å². The molecule has 3 heterocycles. The van der Waals surface area contributed by atoms with Gasteiger partial charge in [0.05, 0.1) is 12.5 Å². The van der Waals surface area contributed by atoms with Crippen LogP contribution in [0.2, 0.25) is 0 Å². The number of nitrogens with two attached hydrogens (primary N) is 1. The molecular formula is C24H29N5O2. The summed E-state index contributed by atoms with van der Waals surface area (Å²) in [6.07, 6.45) is 8.09. The van der Waals surface area contributed by atoms with Gasteiger partial charge in [-0.25, -0.2) is 0 Å². The summed E-state index contributed by atoms with van der Waals surface area (Å²) in [7, 11) is 0. The van der Waals surface area contributed by atoms with Gasteiger partial charge in [-0.15, -0.1) is 0 Å². The molecule has 1 atom stereocenters. The second-order valence-corrected chi connectivity index (χ2v) is 8.27. The Hall–Kier alpha value is -3.19. The fourth-order valence-corrected chi connectivity index (χ4v) is 4.45. The highest BCUT2D eigenvalue weighted by molar-refractivity contribution is 5.83. The molecule has 31 heavy (non-hydrogen) atoms. The predicted octanol–water partition coefficient (Wildman–Crippen LogP) is 2.33. The van der Waals surface area contributed by atoms with Crippen molar-refractivity contribution in [2.24, 2.45) is 11.7 Å². The molecule has 1 fully saturated rings. The third kappa shape index (κ3) is 5.30. The SMILES string of the molecule is NC(=O)CN1CCC[C@H](C(=O)N(CCc2c[nH]c3ccccc23)Cc2cccnc2)C1. The molecule has 3 N–H and O–H groups in total. The smallest absolute Gasteiger partial charge is 0.231 e. The third-order valence-corrected chi connectivity index (χ3v) is 5.97. The van der Waals surface area contributed by atoms with Crippen molar-refractivity contribution < 1.29 is 9.59 Å². The summed E-state index contributed by atoms with van der Waals surface area (Å²) >= 11 is 0. The van der Waals surface area contributed by atoms with Gasteiger partial charge in [-0.1, -0.05) is 24.3 Å². The molecule has 0 radical (unpaired) electrons. The molecule has 1 aliphatic rings. The molecule has 7 heteroatoms. The van der Waals surface area contributed by atoms with Crippen molar-refractivity contribution in [3.8, 4) is 0 Å². The highest BCUT2D eigenvalue weighted by atomic mass is 16.2. The largest absolute Gasteiger partial charge is 0.369 e. The Kier molecular flexibility index (Phi) is 6.62. The van der Waals surface area contributed by atoms with Gasteiger partial charge >= 0.3 is 0 Å². The topological polar surface area (TPSA) is 95.3 Å². The van der Waals surface area contributed by atoms with Crippen LogP contribution in [-0.4, -0.2) is 57.8 Å². The normalized spacial score (nSPS) is 17.0. The first-order chi connectivity index (χ1) is 15.1. The van der Waals surface area contributed by atoms with E-state index in [2.05, 4.69) is 22.1 Å². The Morgan fingerprint density at radius 1 is 1.23 bits per heavy atom. The standard InChI is InChI=1S/C24H29N5O2/c25-23(30)17-28-11-4-6-20(16-28)24(31)29(15-18-5-3-10-26-13-18)12-9-19-14-27-22-8-2-1-7-21(19)22/h1-3,5,7-8,10,13-14,20,27H,4,6,9,11-12,15-17H2,(H2,25,30)/t20-/m0/s1. The van der Waals surface area contributed by atoms with Crippen LogP contribution in [0.15, 0.2) is 55.0 Å². The Bertz CT molecular complexity index is 1030. The summed E-state index contributed by atoms with van der Waals surface area (Å²) in [5.74, 6) is -0.328. The lowest BCUT2D eigenvalue weighted by Gasteiger charge is -2.34. The molecule has 0 aliphatic carbocycles. The highest BCUT2D eigenvalue weighted by Crippen LogP contribution is 2.22. The van der Waals surface area contributed by atoms with Gasteiger partial charge in [0, 0.05) is 49.1 Å². The number of primary amides is 1. The molecule has 3 aromatic rings. The van der Waals surface area contributed by atoms with Crippen molar-refractivity contribution in [2.75, 3.05) is 26.2 Å². The predicted molar refractivity (Wildman–Crippen MR) is 120 cm³/mol. The van der Waals surface area contributed by atoms with E-state index in [0.717, 1.165) is 36.9 Å². The monoisotopic (exact) mass is 419 g/mol. The van der Waals surface area contributed by atoms with Crippen LogP contribution in [0, 0.1) is 5.92 Å². The van der Waals surface area contributed by atoms with Crippen molar-refractivity contribution >= 4 is 22.7 Å². The van der Waals surface area contributed by atoms with Gasteiger partial charge in [-0.3, -0.25) is 19.5 Å². The van der Waals surface area contributed by atoms with E-state index in [1.54, 1.807) is 6.20 Å². The van der Waals surface area contributed by atoms with Gasteiger partial charge in [-0.2, -0.15) is 0 Å². The summed E-state index contributed by atoms with van der Waals surface area (Å²) in [6.45, 7) is 2.76. The third-order valence-electron chi connectivity index (χ3n) is 5.97. The quantitative estimate of drug-likeness (QED) is 0.586. The number of nitrogens with zero attached hydrogens (tertiary/aromatic N) is 3. The van der Waals surface area contributed by atoms with Gasteiger partial charge in [0.1, 0.15) is 0 Å². The maximum absolute atomic E-state index is 13.5. The fraction of sp³-hybridized carbons (Fsp3) is 0.375. The van der Waals surface area contributed by atoms with E-state index in [-0.39, 0.29) is 24.3 Å². The number of rotatable bonds is 8. The van der Waals surface area contributed by atoms with Crippen LogP contribution in [0.25, 0.3) is 10.9 Å². The number of piperidine rings is 1. The minimum atomic E-state index is -0.348. The van der Waals surface area contributed by atoms with Gasteiger partial charge in [0.15, 0.2) is 0 Å². The average Bonchev–Trinajstić information content (AvgIpc) is 3.20. The molecule has 0 unspecified atom stereocenters. The number of amides is 2. The van der Waals surface area contributed by atoms with E-state index >= 15 is 0 Å². The van der Waals surface area contributed by atoms with E-state index in [1.807, 2.05) is 46.5 Å². The summed E-state index contributed by atoms with van der Waals surface area (Å²) in [4.78, 5) is 36.3. The molecule has 2 amide bonds. The number of H-pyrrole nitrogens is 1. The lowest BCUT2D eigenvalue weighted by atomic mass is 9.96. The first-order valence-electron chi connectivity index (χ1n) is 10.8. The number of aromatic nitrogens is 2. The summed E-state index contributed by atoms with van der Waals surface area (Å²) in [6, 6.07) is 12.1. The number of carbonyl (C=O) groups is 2. The second kappa shape index (κ2) is 9.75. The van der Waals surface area contributed by atoms with Crippen molar-refractivity contribution in [3.05, 3.63) is 66.1 Å². The molecular weight excluding hydrogens is 390 g/mol. The maximum atomic E-state index is 13.5. The molecule has 2 aromatic heterocycles. The highest BCUT2D eigenvalue weighted by Gasteiger charge is 2.30. The first-order valence-corrected chi connectivity index (χ1v) is 10.8. The Balaban J connectivity index is 1.49. The number of fused-ring (bicyclic) bond motifs is 1. The minimum absolute atomic E-state index is 0.118. The van der Waals surface area contributed by atoms with Crippen LogP contribution in [0.3, 0.4) is 0 Å². The molecule has 0 spiro atoms. The molecule has 0 bridgehead atoms. The molecule has 4 rings (SSSR count). The lowest BCUT2D eigenvalue weighted by molar-refractivity contribution is -0.138. The summed E-state index contributed by atoms with van der Waals surface area (Å²) in [5, 5.41) is 1.20. The zero-order chi connectivity index (χ0) is 21.6. The number of hydrogen-bond acceptors (Lipinski definition) is 4. The van der Waals surface area contributed by atoms with Crippen LogP contribution < -0.4 is 5.73 Å². The molecule has 0 saturated carbocycles. The van der Waals surface area contributed by atoms with Crippen molar-refractivity contribution in [1.29, 1.82) is 0 Å². The van der Waals surface area contributed by atoms with Crippen LogP contribution in [-0.2, 0) is 22.6 Å². The number of nitrogens with one attached hydrogen (secondary N) is 1. The molecule has 1 aliphatic heterocycles. The zero-order valence-corrected chi connectivity index (χ0v) is 17.7. The minimum Gasteiger partial charge on any atom is -0.369 e. The second-order valence-electron chi connectivity index (χ2n) is 8.27. The van der Waals surface area contributed by atoms with E-state index in [9.17, 15) is 9.59 Å². The number of hydrogen-bond donors (Lipinski definition) is 2. The number of pyridine rings is 1. The van der Waals surface area contributed by atoms with Crippen molar-refractivity contribution in [1.82, 2.24) is 19.8 Å². The lowest BCUT2D eigenvalue weighted by Crippen LogP contribution is -2.47. The number of aromatic amines is 1. The number of benzene rings is 1. The van der Waals surface area contributed by atoms with Crippen LogP contribution >= 0.6 is 0 Å². The fourth-order valence-electron chi connectivity index (χ4n) is 4.45. The number of carbonyl (C=O) groups excluding carboxylic acids is 2. The van der Waals surface area contributed by atoms with E-state index in [4.69, 9.17) is 5.73 Å². The molecule has 162 valence electrons. The van der Waals surface area contributed by atoms with Crippen LogP contribution in [0.1, 0.15) is 24.0 Å². The molecule has 1 aromatic carbocycles. The van der Waals surface area contributed by atoms with E-state index in [0.29, 0.717) is 19.6 Å². The average molecular weight is 420 g/mol. The number of para-hydroxylation sites is 1. The Labute approximate surface area is 182 Å². The first kappa shape index (κ1) is 21.1. The van der Waals surface area contributed by atoms with Crippen LogP contribution in [0.5, 0.6) is 0 Å². The Morgan fingerprint density at radius 2 is 2.10 bits per heavy atom. The zero-order valence-electron chi connectivity index (χ0n) is 17.7. The molecule has 7 nitrogen and oxygen atoms in total. The van der Waals surface area contributed by atoms with Gasteiger partial charge in [0.25, 0.3) is 0 Å². The van der Waals surface area contributed by atoms with Crippen molar-refractivity contribution in [3.63, 3.8) is 0 Å².